The van der Waals surface area contributed by atoms with Gasteiger partial charge >= 0.3 is 0 Å². The van der Waals surface area contributed by atoms with Gasteiger partial charge in [0.2, 0.25) is 0 Å². The van der Waals surface area contributed by atoms with Crippen molar-refractivity contribution in [2.45, 2.75) is 0 Å². The molecule has 0 aliphatic rings. The molecule has 0 saturated heterocycles. The topological polar surface area (TPSA) is 12.9 Å². The third-order valence-electron chi connectivity index (χ3n) is 1.74. The van der Waals surface area contributed by atoms with Gasteiger partial charge in [-0.3, -0.25) is 4.98 Å². The van der Waals surface area contributed by atoms with E-state index in [-0.39, 0.29) is 0 Å². The minimum absolute atomic E-state index is 0.316. The van der Waals surface area contributed by atoms with Gasteiger partial charge in [-0.05, 0) is 22.0 Å². The maximum Gasteiger partial charge on any atom is 0.135 e. The first-order chi connectivity index (χ1) is 6.18. The lowest BCUT2D eigenvalue weighted by Crippen LogP contribution is -1.85. The molecule has 0 atom stereocenters. The molecule has 0 saturated carbocycles. The number of benzene rings is 1. The van der Waals surface area contributed by atoms with Crippen LogP contribution in [0.15, 0.2) is 29.0 Å². The van der Waals surface area contributed by atoms with Gasteiger partial charge in [-0.25, -0.2) is 8.78 Å². The van der Waals surface area contributed by atoms with Gasteiger partial charge < -0.3 is 0 Å². The third kappa shape index (κ3) is 1.42. The average molecular weight is 244 g/mol. The number of hydrogen-bond donors (Lipinski definition) is 0. The molecule has 1 aromatic heterocycles. The molecule has 1 heterocycles. The molecular weight excluding hydrogens is 240 g/mol. The van der Waals surface area contributed by atoms with Crippen LogP contribution in [0, 0.1) is 11.6 Å². The van der Waals surface area contributed by atoms with Crippen molar-refractivity contribution in [1.29, 1.82) is 0 Å². The summed E-state index contributed by atoms with van der Waals surface area (Å²) in [4.78, 5) is 3.79. The van der Waals surface area contributed by atoms with Crippen LogP contribution in [0.5, 0.6) is 0 Å². The van der Waals surface area contributed by atoms with Crippen LogP contribution in [-0.2, 0) is 0 Å². The lowest BCUT2D eigenvalue weighted by atomic mass is 10.2. The van der Waals surface area contributed by atoms with E-state index in [9.17, 15) is 8.78 Å². The molecule has 0 amide bonds. The zero-order valence-electron chi connectivity index (χ0n) is 6.39. The fourth-order valence-electron chi connectivity index (χ4n) is 1.16. The normalized spacial score (nSPS) is 10.7. The zero-order valence-corrected chi connectivity index (χ0v) is 7.98. The molecule has 13 heavy (non-hydrogen) atoms. The fourth-order valence-corrected chi connectivity index (χ4v) is 1.61. The van der Waals surface area contributed by atoms with Crippen LogP contribution in [0.25, 0.3) is 10.8 Å². The number of hydrogen-bond acceptors (Lipinski definition) is 1. The monoisotopic (exact) mass is 243 g/mol. The van der Waals surface area contributed by atoms with Gasteiger partial charge in [0.1, 0.15) is 11.6 Å². The number of fused-ring (bicyclic) bond motifs is 1. The predicted octanol–water partition coefficient (Wildman–Crippen LogP) is 3.28. The van der Waals surface area contributed by atoms with Crippen LogP contribution >= 0.6 is 15.9 Å². The van der Waals surface area contributed by atoms with Crippen LogP contribution in [0.4, 0.5) is 8.78 Å². The maximum absolute atomic E-state index is 13.1. The standard InChI is InChI=1S/C9H4BrF2N/c10-8-4-13-3-7-6(8)1-5(11)2-9(7)12/h1-4H. The van der Waals surface area contributed by atoms with E-state index in [4.69, 9.17) is 0 Å². The van der Waals surface area contributed by atoms with Crippen molar-refractivity contribution in [1.82, 2.24) is 4.98 Å². The summed E-state index contributed by atoms with van der Waals surface area (Å²) in [6.45, 7) is 0. The Hall–Kier alpha value is -1.03. The van der Waals surface area contributed by atoms with Gasteiger partial charge in [-0.2, -0.15) is 0 Å². The second-order valence-corrected chi connectivity index (χ2v) is 3.46. The Morgan fingerprint density at radius 2 is 1.85 bits per heavy atom. The van der Waals surface area contributed by atoms with Gasteiger partial charge in [0, 0.05) is 33.7 Å². The molecule has 0 spiro atoms. The third-order valence-corrected chi connectivity index (χ3v) is 2.38. The molecule has 0 aliphatic carbocycles. The Bertz CT molecular complexity index is 470. The number of halogens is 3. The number of nitrogens with zero attached hydrogens (tertiary/aromatic N) is 1. The highest BCUT2D eigenvalue weighted by Gasteiger charge is 2.06. The second-order valence-electron chi connectivity index (χ2n) is 2.60. The predicted molar refractivity (Wildman–Crippen MR) is 49.4 cm³/mol. The highest BCUT2D eigenvalue weighted by atomic mass is 79.9. The minimum Gasteiger partial charge on any atom is -0.263 e. The molecule has 0 N–H and O–H groups in total. The van der Waals surface area contributed by atoms with Gasteiger partial charge in [-0.15, -0.1) is 0 Å². The molecule has 1 aromatic carbocycles. The minimum atomic E-state index is -0.594. The molecular formula is C9H4BrF2N. The largest absolute Gasteiger partial charge is 0.263 e. The van der Waals surface area contributed by atoms with Crippen LogP contribution in [0.1, 0.15) is 0 Å². The van der Waals surface area contributed by atoms with Gasteiger partial charge in [0.15, 0.2) is 0 Å². The molecule has 66 valence electrons. The fraction of sp³-hybridized carbons (Fsp3) is 0. The molecule has 0 radical (unpaired) electrons. The van der Waals surface area contributed by atoms with Gasteiger partial charge in [-0.1, -0.05) is 0 Å². The summed E-state index contributed by atoms with van der Waals surface area (Å²) in [7, 11) is 0. The zero-order chi connectivity index (χ0) is 9.42. The molecule has 0 fully saturated rings. The Morgan fingerprint density at radius 1 is 1.08 bits per heavy atom. The van der Waals surface area contributed by atoms with Crippen molar-refractivity contribution in [3.63, 3.8) is 0 Å². The number of rotatable bonds is 0. The van der Waals surface area contributed by atoms with E-state index >= 15 is 0 Å². The Balaban J connectivity index is 2.94. The van der Waals surface area contributed by atoms with Gasteiger partial charge in [0.25, 0.3) is 0 Å². The highest BCUT2D eigenvalue weighted by Crippen LogP contribution is 2.25. The lowest BCUT2D eigenvalue weighted by Gasteiger charge is -2.00. The Labute approximate surface area is 81.5 Å². The first kappa shape index (κ1) is 8.56. The van der Waals surface area contributed by atoms with Crippen molar-refractivity contribution in [3.05, 3.63) is 40.6 Å². The SMILES string of the molecule is Fc1cc(F)c2cncc(Br)c2c1. The summed E-state index contributed by atoms with van der Waals surface area (Å²) in [6.07, 6.45) is 2.87. The summed E-state index contributed by atoms with van der Waals surface area (Å²) in [6, 6.07) is 2.11. The smallest absolute Gasteiger partial charge is 0.135 e. The first-order valence-electron chi connectivity index (χ1n) is 3.57. The van der Waals surface area contributed by atoms with E-state index in [0.29, 0.717) is 15.2 Å². The van der Waals surface area contributed by atoms with E-state index in [2.05, 4.69) is 20.9 Å². The lowest BCUT2D eigenvalue weighted by molar-refractivity contribution is 0.592. The van der Waals surface area contributed by atoms with E-state index in [1.54, 1.807) is 0 Å². The van der Waals surface area contributed by atoms with Crippen LogP contribution < -0.4 is 0 Å². The summed E-state index contributed by atoms with van der Waals surface area (Å²) in [5, 5.41) is 0.809. The second kappa shape index (κ2) is 3.03. The summed E-state index contributed by atoms with van der Waals surface area (Å²) in [5.41, 5.74) is 0. The van der Waals surface area contributed by atoms with Crippen LogP contribution in [-0.4, -0.2) is 4.98 Å². The van der Waals surface area contributed by atoms with E-state index in [0.717, 1.165) is 6.07 Å². The van der Waals surface area contributed by atoms with Crippen molar-refractivity contribution in [3.8, 4) is 0 Å². The van der Waals surface area contributed by atoms with Crippen molar-refractivity contribution >= 4 is 26.7 Å². The summed E-state index contributed by atoms with van der Waals surface area (Å²) < 4.78 is 26.5. The first-order valence-corrected chi connectivity index (χ1v) is 4.36. The molecule has 2 rings (SSSR count). The molecule has 0 bridgehead atoms. The van der Waals surface area contributed by atoms with Crippen molar-refractivity contribution < 1.29 is 8.78 Å². The average Bonchev–Trinajstić information content (AvgIpc) is 2.07. The van der Waals surface area contributed by atoms with E-state index in [1.165, 1.54) is 18.5 Å². The molecule has 1 nitrogen and oxygen atoms in total. The molecule has 0 unspecified atom stereocenters. The van der Waals surface area contributed by atoms with Crippen molar-refractivity contribution in [2.24, 2.45) is 0 Å². The molecule has 4 heteroatoms. The quantitative estimate of drug-likeness (QED) is 0.692. The van der Waals surface area contributed by atoms with Crippen LogP contribution in [0.2, 0.25) is 0 Å². The summed E-state index contributed by atoms with van der Waals surface area (Å²) >= 11 is 3.17. The summed E-state index contributed by atoms with van der Waals surface area (Å²) in [5.74, 6) is -1.18. The Morgan fingerprint density at radius 3 is 2.62 bits per heavy atom. The van der Waals surface area contributed by atoms with Gasteiger partial charge in [0.05, 0.1) is 0 Å². The van der Waals surface area contributed by atoms with Crippen molar-refractivity contribution in [2.75, 3.05) is 0 Å². The Kier molecular flexibility index (Phi) is 2.00. The van der Waals surface area contributed by atoms with Crippen LogP contribution in [0.3, 0.4) is 0 Å². The highest BCUT2D eigenvalue weighted by molar-refractivity contribution is 9.10. The maximum atomic E-state index is 13.1. The molecule has 2 aromatic rings. The van der Waals surface area contributed by atoms with E-state index < -0.39 is 11.6 Å². The number of pyridine rings is 1. The van der Waals surface area contributed by atoms with E-state index in [1.807, 2.05) is 0 Å². The molecule has 0 aliphatic heterocycles. The number of aromatic nitrogens is 1.